The van der Waals surface area contributed by atoms with Crippen molar-refractivity contribution >= 4 is 29.0 Å². The molecular formula is C17H12F5N5S. The van der Waals surface area contributed by atoms with Gasteiger partial charge in [-0.2, -0.15) is 13.2 Å². The van der Waals surface area contributed by atoms with Crippen molar-refractivity contribution in [1.29, 1.82) is 0 Å². The number of aromatic nitrogens is 3. The molecule has 0 radical (unpaired) electrons. The number of nitrogens with one attached hydrogen (secondary N) is 2. The average Bonchev–Trinajstić information content (AvgIpc) is 3.03. The quantitative estimate of drug-likeness (QED) is 0.490. The molecule has 0 aliphatic heterocycles. The van der Waals surface area contributed by atoms with Gasteiger partial charge in [0.05, 0.1) is 17.8 Å². The van der Waals surface area contributed by atoms with Gasteiger partial charge in [-0.1, -0.05) is 12.1 Å². The molecule has 0 atom stereocenters. The summed E-state index contributed by atoms with van der Waals surface area (Å²) < 4.78 is 66.1. The molecule has 3 aromatic rings. The molecule has 0 unspecified atom stereocenters. The van der Waals surface area contributed by atoms with Crippen molar-refractivity contribution in [2.45, 2.75) is 12.7 Å². The van der Waals surface area contributed by atoms with Gasteiger partial charge in [0.25, 0.3) is 0 Å². The lowest BCUT2D eigenvalue weighted by Gasteiger charge is -2.09. The maximum Gasteiger partial charge on any atom is 0.416 e. The standard InChI is InChI=1S/C17H12F5N5S/c18-12-4-5-14(13(19)7-12)24-16(28)25-15-23-9-27(26-15)8-10-2-1-3-11(6-10)17(20,21)22/h1-7,9H,8H2,(H2,24,25,26,28). The third kappa shape index (κ3) is 5.00. The molecule has 0 aliphatic carbocycles. The van der Waals surface area contributed by atoms with Crippen LogP contribution < -0.4 is 10.6 Å². The SMILES string of the molecule is Fc1ccc(NC(=S)Nc2ncn(Cc3cccc(C(F)(F)F)c3)n2)c(F)c1. The minimum atomic E-state index is -4.43. The number of benzene rings is 2. The Morgan fingerprint density at radius 2 is 1.86 bits per heavy atom. The average molecular weight is 413 g/mol. The van der Waals surface area contributed by atoms with Crippen molar-refractivity contribution < 1.29 is 22.0 Å². The van der Waals surface area contributed by atoms with Gasteiger partial charge >= 0.3 is 6.18 Å². The number of anilines is 2. The predicted molar refractivity (Wildman–Crippen MR) is 96.8 cm³/mol. The fraction of sp³-hybridized carbons (Fsp3) is 0.118. The Hall–Kier alpha value is -3.08. The molecule has 0 amide bonds. The highest BCUT2D eigenvalue weighted by Gasteiger charge is 2.30. The van der Waals surface area contributed by atoms with Crippen molar-refractivity contribution in [2.75, 3.05) is 10.6 Å². The van der Waals surface area contributed by atoms with E-state index in [1.54, 1.807) is 0 Å². The molecule has 146 valence electrons. The van der Waals surface area contributed by atoms with Gasteiger partial charge in [-0.05, 0) is 42.0 Å². The van der Waals surface area contributed by atoms with Crippen molar-refractivity contribution in [2.24, 2.45) is 0 Å². The zero-order chi connectivity index (χ0) is 20.3. The number of nitrogens with zero attached hydrogens (tertiary/aromatic N) is 3. The maximum atomic E-state index is 13.6. The van der Waals surface area contributed by atoms with Crippen LogP contribution in [0.4, 0.5) is 33.6 Å². The van der Waals surface area contributed by atoms with Gasteiger partial charge in [-0.15, -0.1) is 5.10 Å². The fourth-order valence-electron chi connectivity index (χ4n) is 2.31. The summed E-state index contributed by atoms with van der Waals surface area (Å²) in [6.45, 7) is 0.0609. The second-order valence-electron chi connectivity index (χ2n) is 5.67. The van der Waals surface area contributed by atoms with E-state index in [1.807, 2.05) is 0 Å². The lowest BCUT2D eigenvalue weighted by molar-refractivity contribution is -0.137. The van der Waals surface area contributed by atoms with Crippen LogP contribution in [0, 0.1) is 11.6 Å². The smallest absolute Gasteiger partial charge is 0.330 e. The van der Waals surface area contributed by atoms with Gasteiger partial charge in [-0.3, -0.25) is 5.32 Å². The van der Waals surface area contributed by atoms with Gasteiger partial charge < -0.3 is 5.32 Å². The molecule has 1 aromatic heterocycles. The van der Waals surface area contributed by atoms with Crippen LogP contribution in [-0.2, 0) is 12.7 Å². The van der Waals surface area contributed by atoms with E-state index in [0.717, 1.165) is 18.2 Å². The van der Waals surface area contributed by atoms with E-state index in [4.69, 9.17) is 12.2 Å². The molecular weight excluding hydrogens is 401 g/mol. The lowest BCUT2D eigenvalue weighted by Crippen LogP contribution is -2.20. The van der Waals surface area contributed by atoms with Crippen LogP contribution in [0.1, 0.15) is 11.1 Å². The van der Waals surface area contributed by atoms with Crippen LogP contribution >= 0.6 is 12.2 Å². The van der Waals surface area contributed by atoms with Crippen LogP contribution in [0.3, 0.4) is 0 Å². The maximum absolute atomic E-state index is 13.6. The highest BCUT2D eigenvalue weighted by molar-refractivity contribution is 7.80. The molecule has 11 heteroatoms. The Balaban J connectivity index is 1.63. The highest BCUT2D eigenvalue weighted by atomic mass is 32.1. The predicted octanol–water partition coefficient (Wildman–Crippen LogP) is 4.43. The van der Waals surface area contributed by atoms with Gasteiger partial charge in [0, 0.05) is 6.07 Å². The first-order chi connectivity index (χ1) is 13.2. The Morgan fingerprint density at radius 3 is 2.57 bits per heavy atom. The van der Waals surface area contributed by atoms with Crippen LogP contribution in [-0.4, -0.2) is 19.9 Å². The molecule has 0 aliphatic rings. The van der Waals surface area contributed by atoms with Crippen molar-refractivity contribution in [3.05, 3.63) is 71.6 Å². The highest BCUT2D eigenvalue weighted by Crippen LogP contribution is 2.29. The Bertz CT molecular complexity index is 1000. The van der Waals surface area contributed by atoms with E-state index in [-0.39, 0.29) is 23.3 Å². The molecule has 2 aromatic carbocycles. The molecule has 2 N–H and O–H groups in total. The number of rotatable bonds is 4. The molecule has 0 fully saturated rings. The largest absolute Gasteiger partial charge is 0.416 e. The summed E-state index contributed by atoms with van der Waals surface area (Å²) in [6, 6.07) is 7.80. The minimum Gasteiger partial charge on any atom is -0.330 e. The van der Waals surface area contributed by atoms with Crippen LogP contribution in [0.25, 0.3) is 0 Å². The Morgan fingerprint density at radius 1 is 1.07 bits per heavy atom. The number of halogens is 5. The third-order valence-corrected chi connectivity index (χ3v) is 3.74. The zero-order valence-electron chi connectivity index (χ0n) is 14.0. The fourth-order valence-corrected chi connectivity index (χ4v) is 2.51. The Kier molecular flexibility index (Phi) is 5.54. The summed E-state index contributed by atoms with van der Waals surface area (Å²) >= 11 is 5.01. The number of hydrogen-bond donors (Lipinski definition) is 2. The van der Waals surface area contributed by atoms with E-state index in [2.05, 4.69) is 20.7 Å². The van der Waals surface area contributed by atoms with Gasteiger partial charge in [0.15, 0.2) is 5.11 Å². The molecule has 3 rings (SSSR count). The van der Waals surface area contributed by atoms with Crippen molar-refractivity contribution in [3.63, 3.8) is 0 Å². The Labute approximate surface area is 161 Å². The summed E-state index contributed by atoms with van der Waals surface area (Å²) in [6.07, 6.45) is -3.12. The first-order valence-corrected chi connectivity index (χ1v) is 8.20. The second-order valence-corrected chi connectivity index (χ2v) is 6.08. The van der Waals surface area contributed by atoms with E-state index < -0.39 is 23.4 Å². The molecule has 0 bridgehead atoms. The minimum absolute atomic E-state index is 0.0395. The van der Waals surface area contributed by atoms with E-state index in [9.17, 15) is 22.0 Å². The van der Waals surface area contributed by atoms with Crippen LogP contribution in [0.15, 0.2) is 48.8 Å². The molecule has 0 saturated heterocycles. The first kappa shape index (κ1) is 19.7. The third-order valence-electron chi connectivity index (χ3n) is 3.54. The van der Waals surface area contributed by atoms with E-state index in [1.165, 1.54) is 29.2 Å². The summed E-state index contributed by atoms with van der Waals surface area (Å²) in [7, 11) is 0. The molecule has 0 spiro atoms. The zero-order valence-corrected chi connectivity index (χ0v) is 14.8. The number of thiocarbonyl (C=S) groups is 1. The second kappa shape index (κ2) is 7.89. The summed E-state index contributed by atoms with van der Waals surface area (Å²) in [5.74, 6) is -1.49. The first-order valence-electron chi connectivity index (χ1n) is 7.79. The van der Waals surface area contributed by atoms with E-state index in [0.29, 0.717) is 11.6 Å². The lowest BCUT2D eigenvalue weighted by atomic mass is 10.1. The summed E-state index contributed by atoms with van der Waals surface area (Å²) in [5.41, 5.74) is -0.405. The van der Waals surface area contributed by atoms with Crippen LogP contribution in [0.2, 0.25) is 0 Å². The number of alkyl halides is 3. The summed E-state index contributed by atoms with van der Waals surface area (Å²) in [5, 5.41) is 9.15. The molecule has 1 heterocycles. The van der Waals surface area contributed by atoms with Gasteiger partial charge in [0.1, 0.15) is 18.0 Å². The van der Waals surface area contributed by atoms with Gasteiger partial charge in [-0.25, -0.2) is 18.4 Å². The van der Waals surface area contributed by atoms with Crippen molar-refractivity contribution in [3.8, 4) is 0 Å². The molecule has 28 heavy (non-hydrogen) atoms. The van der Waals surface area contributed by atoms with Crippen LogP contribution in [0.5, 0.6) is 0 Å². The molecule has 0 saturated carbocycles. The normalized spacial score (nSPS) is 11.3. The summed E-state index contributed by atoms with van der Waals surface area (Å²) in [4.78, 5) is 3.94. The van der Waals surface area contributed by atoms with Crippen molar-refractivity contribution in [1.82, 2.24) is 14.8 Å². The van der Waals surface area contributed by atoms with E-state index >= 15 is 0 Å². The molecule has 5 nitrogen and oxygen atoms in total. The van der Waals surface area contributed by atoms with Gasteiger partial charge in [0.2, 0.25) is 5.95 Å². The monoisotopic (exact) mass is 413 g/mol. The number of hydrogen-bond acceptors (Lipinski definition) is 3. The topological polar surface area (TPSA) is 54.8 Å².